The summed E-state index contributed by atoms with van der Waals surface area (Å²) in [6.07, 6.45) is 0. The van der Waals surface area contributed by atoms with Gasteiger partial charge in [-0.2, -0.15) is 4.98 Å². The van der Waals surface area contributed by atoms with E-state index in [1.54, 1.807) is 19.1 Å². The minimum atomic E-state index is -0.128. The molecule has 0 unspecified atom stereocenters. The third-order valence-electron chi connectivity index (χ3n) is 4.69. The van der Waals surface area contributed by atoms with Crippen LogP contribution >= 0.6 is 0 Å². The van der Waals surface area contributed by atoms with Crippen LogP contribution in [0.25, 0.3) is 22.3 Å². The molecule has 0 saturated heterocycles. The van der Waals surface area contributed by atoms with Crippen LogP contribution < -0.4 is 4.74 Å². The lowest BCUT2D eigenvalue weighted by Crippen LogP contribution is -2.28. The number of hydrogen-bond donors (Lipinski definition) is 0. The summed E-state index contributed by atoms with van der Waals surface area (Å²) < 4.78 is 12.5. The number of hydrogen-bond acceptors (Lipinski definition) is 5. The van der Waals surface area contributed by atoms with Crippen molar-refractivity contribution in [1.29, 1.82) is 0 Å². The Morgan fingerprint density at radius 2 is 1.96 bits per heavy atom. The second-order valence-electron chi connectivity index (χ2n) is 6.55. The van der Waals surface area contributed by atoms with Crippen molar-refractivity contribution in [3.05, 3.63) is 66.2 Å². The van der Waals surface area contributed by atoms with Gasteiger partial charge in [-0.05, 0) is 18.2 Å². The lowest BCUT2D eigenvalue weighted by Gasteiger charge is -2.15. The molecule has 0 saturated carbocycles. The van der Waals surface area contributed by atoms with Crippen LogP contribution in [0.5, 0.6) is 5.75 Å². The van der Waals surface area contributed by atoms with Crippen molar-refractivity contribution in [2.75, 3.05) is 14.2 Å². The van der Waals surface area contributed by atoms with E-state index in [4.69, 9.17) is 9.26 Å². The molecule has 2 heterocycles. The van der Waals surface area contributed by atoms with Gasteiger partial charge < -0.3 is 18.7 Å². The number of amides is 1. The third-order valence-corrected chi connectivity index (χ3v) is 4.69. The van der Waals surface area contributed by atoms with Crippen LogP contribution in [0.4, 0.5) is 0 Å². The van der Waals surface area contributed by atoms with Crippen molar-refractivity contribution in [3.63, 3.8) is 0 Å². The van der Waals surface area contributed by atoms with Crippen LogP contribution in [-0.4, -0.2) is 39.7 Å². The topological polar surface area (TPSA) is 73.4 Å². The zero-order chi connectivity index (χ0) is 19.7. The van der Waals surface area contributed by atoms with E-state index in [-0.39, 0.29) is 12.5 Å². The van der Waals surface area contributed by atoms with E-state index in [2.05, 4.69) is 10.1 Å². The number of benzene rings is 2. The first-order chi connectivity index (χ1) is 13.6. The highest BCUT2D eigenvalue weighted by molar-refractivity contribution is 5.98. The predicted octanol–water partition coefficient (Wildman–Crippen LogP) is 3.51. The fourth-order valence-electron chi connectivity index (χ4n) is 3.14. The van der Waals surface area contributed by atoms with Gasteiger partial charge in [0.2, 0.25) is 11.7 Å². The van der Waals surface area contributed by atoms with Gasteiger partial charge in [-0.15, -0.1) is 0 Å². The van der Waals surface area contributed by atoms with E-state index in [0.717, 1.165) is 22.2 Å². The van der Waals surface area contributed by atoms with Crippen molar-refractivity contribution in [1.82, 2.24) is 19.6 Å². The Morgan fingerprint density at radius 3 is 2.71 bits per heavy atom. The molecule has 142 valence electrons. The smallest absolute Gasteiger partial charge is 0.270 e. The monoisotopic (exact) mass is 376 g/mol. The molecule has 1 amide bonds. The zero-order valence-corrected chi connectivity index (χ0v) is 15.9. The number of aryl methyl sites for hydroxylation is 1. The number of rotatable bonds is 5. The van der Waals surface area contributed by atoms with Crippen molar-refractivity contribution in [3.8, 4) is 17.1 Å². The van der Waals surface area contributed by atoms with Gasteiger partial charge in [0.15, 0.2) is 0 Å². The van der Waals surface area contributed by atoms with Crippen LogP contribution in [0, 0.1) is 0 Å². The van der Waals surface area contributed by atoms with Gasteiger partial charge in [-0.3, -0.25) is 4.79 Å². The second kappa shape index (κ2) is 7.19. The van der Waals surface area contributed by atoms with E-state index in [1.165, 1.54) is 0 Å². The zero-order valence-electron chi connectivity index (χ0n) is 15.9. The van der Waals surface area contributed by atoms with Gasteiger partial charge >= 0.3 is 0 Å². The minimum Gasteiger partial charge on any atom is -0.497 e. The molecule has 7 nitrogen and oxygen atoms in total. The van der Waals surface area contributed by atoms with Gasteiger partial charge in [0, 0.05) is 31.1 Å². The lowest BCUT2D eigenvalue weighted by atomic mass is 10.2. The molecule has 0 aliphatic heterocycles. The summed E-state index contributed by atoms with van der Waals surface area (Å²) in [6.45, 7) is 0.226. The maximum Gasteiger partial charge on any atom is 0.270 e. The van der Waals surface area contributed by atoms with Crippen molar-refractivity contribution in [2.24, 2.45) is 7.05 Å². The number of carbonyl (C=O) groups is 1. The Morgan fingerprint density at radius 1 is 1.18 bits per heavy atom. The molecule has 0 aliphatic carbocycles. The maximum absolute atomic E-state index is 13.0. The summed E-state index contributed by atoms with van der Waals surface area (Å²) in [7, 11) is 5.20. The number of fused-ring (bicyclic) bond motifs is 1. The average Bonchev–Trinajstić information content (AvgIpc) is 3.32. The molecular formula is C21H20N4O3. The molecule has 0 bridgehead atoms. The minimum absolute atomic E-state index is 0.128. The molecule has 2 aromatic carbocycles. The van der Waals surface area contributed by atoms with Crippen molar-refractivity contribution in [2.45, 2.75) is 6.54 Å². The molecule has 0 N–H and O–H groups in total. The highest BCUT2D eigenvalue weighted by atomic mass is 16.5. The summed E-state index contributed by atoms with van der Waals surface area (Å²) >= 11 is 0. The molecule has 4 rings (SSSR count). The highest BCUT2D eigenvalue weighted by Gasteiger charge is 2.20. The highest BCUT2D eigenvalue weighted by Crippen LogP contribution is 2.24. The van der Waals surface area contributed by atoms with Crippen molar-refractivity contribution < 1.29 is 14.1 Å². The molecular weight excluding hydrogens is 356 g/mol. The van der Waals surface area contributed by atoms with Gasteiger partial charge in [0.1, 0.15) is 18.0 Å². The van der Waals surface area contributed by atoms with Gasteiger partial charge in [-0.25, -0.2) is 0 Å². The Kier molecular flexibility index (Phi) is 4.57. The van der Waals surface area contributed by atoms with Crippen LogP contribution in [-0.2, 0) is 13.6 Å². The molecule has 0 aliphatic rings. The summed E-state index contributed by atoms with van der Waals surface area (Å²) in [4.78, 5) is 18.9. The summed E-state index contributed by atoms with van der Waals surface area (Å²) in [5.74, 6) is 1.51. The van der Waals surface area contributed by atoms with Crippen LogP contribution in [0.3, 0.4) is 0 Å². The normalized spacial score (nSPS) is 11.0. The number of methoxy groups -OCH3 is 1. The van der Waals surface area contributed by atoms with E-state index < -0.39 is 0 Å². The number of nitrogens with zero attached hydrogens (tertiary/aromatic N) is 4. The number of ether oxygens (including phenoxy) is 1. The van der Waals surface area contributed by atoms with Gasteiger partial charge in [0.05, 0.1) is 12.6 Å². The van der Waals surface area contributed by atoms with E-state index >= 15 is 0 Å². The van der Waals surface area contributed by atoms with Crippen LogP contribution in [0.1, 0.15) is 16.4 Å². The van der Waals surface area contributed by atoms with Crippen LogP contribution in [0.2, 0.25) is 0 Å². The van der Waals surface area contributed by atoms with Crippen LogP contribution in [0.15, 0.2) is 59.1 Å². The average molecular weight is 376 g/mol. The first-order valence-electron chi connectivity index (χ1n) is 8.84. The lowest BCUT2D eigenvalue weighted by molar-refractivity contribution is 0.0760. The molecule has 2 aromatic heterocycles. The van der Waals surface area contributed by atoms with Gasteiger partial charge in [-0.1, -0.05) is 35.5 Å². The van der Waals surface area contributed by atoms with Crippen molar-refractivity contribution >= 4 is 16.8 Å². The summed E-state index contributed by atoms with van der Waals surface area (Å²) in [5, 5.41) is 4.98. The Balaban J connectivity index is 1.55. The number of carbonyl (C=O) groups excluding carboxylic acids is 1. The molecule has 7 heteroatoms. The van der Waals surface area contributed by atoms with E-state index in [9.17, 15) is 4.79 Å². The Bertz CT molecular complexity index is 1130. The Hall–Kier alpha value is -3.61. The molecule has 0 radical (unpaired) electrons. The Labute approximate surface area is 162 Å². The first kappa shape index (κ1) is 17.8. The predicted molar refractivity (Wildman–Crippen MR) is 105 cm³/mol. The SMILES string of the molecule is COc1ccc2cc(C(=O)N(C)Cc3nc(-c4ccccc4)no3)n(C)c2c1. The summed E-state index contributed by atoms with van der Waals surface area (Å²) in [5.41, 5.74) is 2.38. The number of aromatic nitrogens is 3. The standard InChI is InChI=1S/C21H20N4O3/c1-24(13-19-22-20(23-28-19)14-7-5-4-6-8-14)21(26)18-11-15-9-10-16(27-3)12-17(15)25(18)2/h4-12H,13H2,1-3H3. The molecule has 4 aromatic rings. The van der Waals surface area contributed by atoms with E-state index in [0.29, 0.717) is 17.4 Å². The molecule has 0 fully saturated rings. The molecule has 0 spiro atoms. The van der Waals surface area contributed by atoms with Gasteiger partial charge in [0.25, 0.3) is 5.91 Å². The molecule has 28 heavy (non-hydrogen) atoms. The fraction of sp³-hybridized carbons (Fsp3) is 0.190. The molecule has 0 atom stereocenters. The van der Waals surface area contributed by atoms with E-state index in [1.807, 2.05) is 66.2 Å². The fourth-order valence-corrected chi connectivity index (χ4v) is 3.14. The second-order valence-corrected chi connectivity index (χ2v) is 6.55. The summed E-state index contributed by atoms with van der Waals surface area (Å²) in [6, 6.07) is 17.2. The maximum atomic E-state index is 13.0. The first-order valence-corrected chi connectivity index (χ1v) is 8.84. The third kappa shape index (κ3) is 3.22. The quantitative estimate of drug-likeness (QED) is 0.533. The largest absolute Gasteiger partial charge is 0.497 e.